The summed E-state index contributed by atoms with van der Waals surface area (Å²) >= 11 is 0. The Bertz CT molecular complexity index is 403. The first-order valence-electron chi connectivity index (χ1n) is 9.46. The van der Waals surface area contributed by atoms with Crippen molar-refractivity contribution in [3.63, 3.8) is 0 Å². The molecule has 2 rings (SSSR count). The van der Waals surface area contributed by atoms with Gasteiger partial charge in [0.2, 0.25) is 0 Å². The van der Waals surface area contributed by atoms with Crippen LogP contribution in [0.3, 0.4) is 0 Å². The lowest BCUT2D eigenvalue weighted by molar-refractivity contribution is -0.0374. The lowest BCUT2D eigenvalue weighted by Crippen LogP contribution is -2.47. The Morgan fingerprint density at radius 1 is 1.17 bits per heavy atom. The molecular weight excluding hydrogens is 304 g/mol. The SMILES string of the molecule is COC1(C)CCC(CN2CCC(NC(=O)OC(C)(C)C)CC2)CC1. The second kappa shape index (κ2) is 8.05. The monoisotopic (exact) mass is 340 g/mol. The quantitative estimate of drug-likeness (QED) is 0.850. The predicted molar refractivity (Wildman–Crippen MR) is 96.2 cm³/mol. The summed E-state index contributed by atoms with van der Waals surface area (Å²) in [4.78, 5) is 14.4. The van der Waals surface area contributed by atoms with Crippen LogP contribution >= 0.6 is 0 Å². The Hall–Kier alpha value is -0.810. The van der Waals surface area contributed by atoms with Crippen LogP contribution in [0.1, 0.15) is 66.2 Å². The maximum absolute atomic E-state index is 11.9. The van der Waals surface area contributed by atoms with Gasteiger partial charge < -0.3 is 19.7 Å². The maximum Gasteiger partial charge on any atom is 0.407 e. The number of likely N-dealkylation sites (tertiary alicyclic amines) is 1. The fourth-order valence-corrected chi connectivity index (χ4v) is 3.77. The van der Waals surface area contributed by atoms with Crippen molar-refractivity contribution in [2.45, 2.75) is 83.5 Å². The lowest BCUT2D eigenvalue weighted by Gasteiger charge is -2.39. The number of hydrogen-bond donors (Lipinski definition) is 1. The minimum absolute atomic E-state index is 0.0980. The largest absolute Gasteiger partial charge is 0.444 e. The molecule has 140 valence electrons. The molecule has 24 heavy (non-hydrogen) atoms. The van der Waals surface area contributed by atoms with Gasteiger partial charge in [0.05, 0.1) is 5.60 Å². The van der Waals surface area contributed by atoms with E-state index in [4.69, 9.17) is 9.47 Å². The van der Waals surface area contributed by atoms with Crippen molar-refractivity contribution in [3.8, 4) is 0 Å². The number of nitrogens with one attached hydrogen (secondary N) is 1. The maximum atomic E-state index is 11.9. The summed E-state index contributed by atoms with van der Waals surface area (Å²) in [6.07, 6.45) is 6.62. The Morgan fingerprint density at radius 2 is 1.75 bits per heavy atom. The van der Waals surface area contributed by atoms with Gasteiger partial charge in [0.25, 0.3) is 0 Å². The molecule has 2 fully saturated rings. The van der Waals surface area contributed by atoms with Gasteiger partial charge in [-0.1, -0.05) is 0 Å². The topological polar surface area (TPSA) is 50.8 Å². The molecule has 0 aromatic heterocycles. The van der Waals surface area contributed by atoms with Crippen LogP contribution in [0.5, 0.6) is 0 Å². The van der Waals surface area contributed by atoms with Gasteiger partial charge in [-0.05, 0) is 72.1 Å². The van der Waals surface area contributed by atoms with E-state index in [1.54, 1.807) is 0 Å². The van der Waals surface area contributed by atoms with Crippen LogP contribution in [0.25, 0.3) is 0 Å². The smallest absolute Gasteiger partial charge is 0.407 e. The van der Waals surface area contributed by atoms with E-state index in [2.05, 4.69) is 17.1 Å². The second-order valence-electron chi connectivity index (χ2n) is 8.82. The number of nitrogens with zero attached hydrogens (tertiary/aromatic N) is 1. The highest BCUT2D eigenvalue weighted by atomic mass is 16.6. The summed E-state index contributed by atoms with van der Waals surface area (Å²) in [5.41, 5.74) is -0.330. The van der Waals surface area contributed by atoms with Crippen molar-refractivity contribution in [1.29, 1.82) is 0 Å². The molecule has 1 aliphatic carbocycles. The number of alkyl carbamates (subject to hydrolysis) is 1. The van der Waals surface area contributed by atoms with Crippen molar-refractivity contribution < 1.29 is 14.3 Å². The van der Waals surface area contributed by atoms with E-state index in [-0.39, 0.29) is 17.7 Å². The number of amides is 1. The summed E-state index contributed by atoms with van der Waals surface area (Å²) in [5.74, 6) is 0.795. The van der Waals surface area contributed by atoms with Crippen molar-refractivity contribution >= 4 is 6.09 Å². The Morgan fingerprint density at radius 3 is 2.25 bits per heavy atom. The zero-order chi connectivity index (χ0) is 17.8. The normalized spacial score (nSPS) is 30.1. The Balaban J connectivity index is 1.65. The summed E-state index contributed by atoms with van der Waals surface area (Å²) < 4.78 is 11.0. The number of rotatable bonds is 4. The summed E-state index contributed by atoms with van der Waals surface area (Å²) in [6.45, 7) is 11.3. The van der Waals surface area contributed by atoms with Gasteiger partial charge in [-0.25, -0.2) is 4.79 Å². The molecule has 1 amide bonds. The lowest BCUT2D eigenvalue weighted by atomic mass is 9.79. The minimum Gasteiger partial charge on any atom is -0.444 e. The zero-order valence-electron chi connectivity index (χ0n) is 16.2. The summed E-state index contributed by atoms with van der Waals surface area (Å²) in [7, 11) is 1.84. The molecule has 1 N–H and O–H groups in total. The molecule has 0 radical (unpaired) electrons. The van der Waals surface area contributed by atoms with Gasteiger partial charge in [0.15, 0.2) is 0 Å². The fraction of sp³-hybridized carbons (Fsp3) is 0.947. The predicted octanol–water partition coefficient (Wildman–Crippen LogP) is 3.57. The highest BCUT2D eigenvalue weighted by Gasteiger charge is 2.32. The number of hydrogen-bond acceptors (Lipinski definition) is 4. The molecule has 2 aliphatic rings. The Kier molecular flexibility index (Phi) is 6.54. The van der Waals surface area contributed by atoms with Crippen LogP contribution < -0.4 is 5.32 Å². The molecule has 0 aromatic carbocycles. The van der Waals surface area contributed by atoms with Crippen LogP contribution in [0, 0.1) is 5.92 Å². The van der Waals surface area contributed by atoms with Crippen LogP contribution in [0.2, 0.25) is 0 Å². The molecule has 0 unspecified atom stereocenters. The van der Waals surface area contributed by atoms with Gasteiger partial charge in [0.1, 0.15) is 5.60 Å². The summed E-state index contributed by atoms with van der Waals surface area (Å²) in [5, 5.41) is 3.01. The van der Waals surface area contributed by atoms with Crippen molar-refractivity contribution in [3.05, 3.63) is 0 Å². The zero-order valence-corrected chi connectivity index (χ0v) is 16.2. The van der Waals surface area contributed by atoms with E-state index in [1.807, 2.05) is 27.9 Å². The van der Waals surface area contributed by atoms with E-state index < -0.39 is 5.60 Å². The molecular formula is C19H36N2O3. The fourth-order valence-electron chi connectivity index (χ4n) is 3.77. The van der Waals surface area contributed by atoms with E-state index in [1.165, 1.54) is 32.2 Å². The highest BCUT2D eigenvalue weighted by Crippen LogP contribution is 2.34. The third-order valence-corrected chi connectivity index (χ3v) is 5.48. The molecule has 0 spiro atoms. The highest BCUT2D eigenvalue weighted by molar-refractivity contribution is 5.68. The van der Waals surface area contributed by atoms with Crippen molar-refractivity contribution in [1.82, 2.24) is 10.2 Å². The number of piperidine rings is 1. The first-order chi connectivity index (χ1) is 11.2. The molecule has 0 aromatic rings. The van der Waals surface area contributed by atoms with Gasteiger partial charge in [-0.3, -0.25) is 0 Å². The molecule has 0 bridgehead atoms. The number of ether oxygens (including phenoxy) is 2. The van der Waals surface area contributed by atoms with Crippen molar-refractivity contribution in [2.24, 2.45) is 5.92 Å². The molecule has 1 aliphatic heterocycles. The third-order valence-electron chi connectivity index (χ3n) is 5.48. The third kappa shape index (κ3) is 6.25. The van der Waals surface area contributed by atoms with Crippen LogP contribution in [0.4, 0.5) is 4.79 Å². The van der Waals surface area contributed by atoms with Gasteiger partial charge >= 0.3 is 6.09 Å². The average Bonchev–Trinajstić information content (AvgIpc) is 2.50. The van der Waals surface area contributed by atoms with E-state index in [9.17, 15) is 4.79 Å². The number of methoxy groups -OCH3 is 1. The first-order valence-corrected chi connectivity index (χ1v) is 9.46. The van der Waals surface area contributed by atoms with Gasteiger partial charge in [-0.15, -0.1) is 0 Å². The second-order valence-corrected chi connectivity index (χ2v) is 8.82. The molecule has 5 nitrogen and oxygen atoms in total. The van der Waals surface area contributed by atoms with Crippen LogP contribution in [-0.2, 0) is 9.47 Å². The average molecular weight is 341 g/mol. The van der Waals surface area contributed by atoms with E-state index >= 15 is 0 Å². The van der Waals surface area contributed by atoms with Gasteiger partial charge in [-0.2, -0.15) is 0 Å². The van der Waals surface area contributed by atoms with Crippen LogP contribution in [0.15, 0.2) is 0 Å². The molecule has 0 atom stereocenters. The molecule has 5 heteroatoms. The van der Waals surface area contributed by atoms with Crippen LogP contribution in [-0.4, -0.2) is 55.0 Å². The van der Waals surface area contributed by atoms with E-state index in [0.717, 1.165) is 31.8 Å². The van der Waals surface area contributed by atoms with Crippen molar-refractivity contribution in [2.75, 3.05) is 26.7 Å². The standard InChI is InChI=1S/C19H36N2O3/c1-18(2,3)24-17(22)20-16-8-12-21(13-9-16)14-15-6-10-19(4,23-5)11-7-15/h15-16H,6-14H2,1-5H3,(H,20,22). The molecule has 1 saturated heterocycles. The summed E-state index contributed by atoms with van der Waals surface area (Å²) in [6, 6.07) is 0.249. The Labute approximate surface area is 147 Å². The van der Waals surface area contributed by atoms with E-state index in [0.29, 0.717) is 0 Å². The first kappa shape index (κ1) is 19.5. The molecule has 1 heterocycles. The number of carbonyl (C=O) groups excluding carboxylic acids is 1. The minimum atomic E-state index is -0.428. The van der Waals surface area contributed by atoms with Gasteiger partial charge in [0, 0.05) is 32.8 Å². The number of carbonyl (C=O) groups is 1. The molecule has 1 saturated carbocycles.